The van der Waals surface area contributed by atoms with Gasteiger partial charge in [0.1, 0.15) is 0 Å². The lowest BCUT2D eigenvalue weighted by Gasteiger charge is -2.08. The quantitative estimate of drug-likeness (QED) is 0.694. The van der Waals surface area contributed by atoms with Crippen LogP contribution in [0.4, 0.5) is 0 Å². The zero-order chi connectivity index (χ0) is 8.97. The SMILES string of the molecule is CCOC(=O)C1=CC=CCC1=N.Cl. The van der Waals surface area contributed by atoms with E-state index in [4.69, 9.17) is 10.1 Å². The van der Waals surface area contributed by atoms with Gasteiger partial charge in [-0.05, 0) is 13.0 Å². The Labute approximate surface area is 83.4 Å². The number of hydrogen-bond donors (Lipinski definition) is 1. The number of esters is 1. The molecule has 0 spiro atoms. The first-order chi connectivity index (χ1) is 5.75. The summed E-state index contributed by atoms with van der Waals surface area (Å²) < 4.78 is 4.77. The van der Waals surface area contributed by atoms with Gasteiger partial charge in [-0.2, -0.15) is 0 Å². The molecule has 0 atom stereocenters. The molecule has 3 nitrogen and oxygen atoms in total. The van der Waals surface area contributed by atoms with Crippen molar-refractivity contribution < 1.29 is 9.53 Å². The number of rotatable bonds is 2. The van der Waals surface area contributed by atoms with Crippen LogP contribution in [0.5, 0.6) is 0 Å². The summed E-state index contributed by atoms with van der Waals surface area (Å²) in [6, 6.07) is 0. The minimum Gasteiger partial charge on any atom is -0.462 e. The highest BCUT2D eigenvalue weighted by molar-refractivity contribution is 6.19. The van der Waals surface area contributed by atoms with Crippen LogP contribution in [0.3, 0.4) is 0 Å². The Balaban J connectivity index is 0.00000144. The smallest absolute Gasteiger partial charge is 0.339 e. The summed E-state index contributed by atoms with van der Waals surface area (Å²) in [5.74, 6) is -0.396. The van der Waals surface area contributed by atoms with Crippen LogP contribution in [0.25, 0.3) is 0 Å². The van der Waals surface area contributed by atoms with Gasteiger partial charge in [0.2, 0.25) is 0 Å². The Morgan fingerprint density at radius 3 is 2.92 bits per heavy atom. The number of carbonyl (C=O) groups is 1. The Bertz CT molecular complexity index is 269. The van der Waals surface area contributed by atoms with Crippen LogP contribution in [0.2, 0.25) is 0 Å². The van der Waals surface area contributed by atoms with Crippen LogP contribution in [0, 0.1) is 5.41 Å². The van der Waals surface area contributed by atoms with E-state index in [1.165, 1.54) is 0 Å². The lowest BCUT2D eigenvalue weighted by Crippen LogP contribution is -2.16. The van der Waals surface area contributed by atoms with Crippen molar-refractivity contribution in [2.45, 2.75) is 13.3 Å². The van der Waals surface area contributed by atoms with E-state index in [2.05, 4.69) is 0 Å². The van der Waals surface area contributed by atoms with E-state index >= 15 is 0 Å². The molecule has 13 heavy (non-hydrogen) atoms. The third-order valence-corrected chi connectivity index (χ3v) is 1.54. The van der Waals surface area contributed by atoms with Crippen LogP contribution in [-0.4, -0.2) is 18.3 Å². The van der Waals surface area contributed by atoms with Gasteiger partial charge in [-0.25, -0.2) is 4.79 Å². The van der Waals surface area contributed by atoms with Crippen molar-refractivity contribution in [3.63, 3.8) is 0 Å². The molecule has 1 aliphatic rings. The van der Waals surface area contributed by atoms with Gasteiger partial charge >= 0.3 is 5.97 Å². The molecule has 0 radical (unpaired) electrons. The first kappa shape index (κ1) is 11.9. The normalized spacial score (nSPS) is 14.5. The number of carbonyl (C=O) groups excluding carboxylic acids is 1. The molecule has 0 unspecified atom stereocenters. The lowest BCUT2D eigenvalue weighted by atomic mass is 10.0. The van der Waals surface area contributed by atoms with Gasteiger partial charge in [-0.15, -0.1) is 12.4 Å². The minimum atomic E-state index is -0.396. The molecule has 0 fully saturated rings. The highest BCUT2D eigenvalue weighted by Gasteiger charge is 2.15. The van der Waals surface area contributed by atoms with E-state index in [1.54, 1.807) is 19.1 Å². The molecule has 1 aliphatic carbocycles. The second kappa shape index (κ2) is 5.54. The molecular formula is C9H12ClNO2. The van der Waals surface area contributed by atoms with E-state index < -0.39 is 5.97 Å². The monoisotopic (exact) mass is 201 g/mol. The van der Waals surface area contributed by atoms with Crippen LogP contribution in [0.15, 0.2) is 23.8 Å². The third kappa shape index (κ3) is 3.03. The van der Waals surface area contributed by atoms with Crippen molar-refractivity contribution in [2.24, 2.45) is 0 Å². The van der Waals surface area contributed by atoms with Gasteiger partial charge in [-0.3, -0.25) is 0 Å². The summed E-state index contributed by atoms with van der Waals surface area (Å²) >= 11 is 0. The molecular weight excluding hydrogens is 190 g/mol. The number of allylic oxidation sites excluding steroid dienone is 3. The first-order valence-electron chi connectivity index (χ1n) is 3.87. The predicted octanol–water partition coefficient (Wildman–Crippen LogP) is 1.88. The van der Waals surface area contributed by atoms with Crippen LogP contribution < -0.4 is 0 Å². The van der Waals surface area contributed by atoms with Crippen molar-refractivity contribution in [1.82, 2.24) is 0 Å². The van der Waals surface area contributed by atoms with Crippen LogP contribution in [0.1, 0.15) is 13.3 Å². The Hall–Kier alpha value is -1.09. The van der Waals surface area contributed by atoms with Crippen molar-refractivity contribution in [1.29, 1.82) is 5.41 Å². The van der Waals surface area contributed by atoms with E-state index in [0.29, 0.717) is 24.3 Å². The largest absolute Gasteiger partial charge is 0.462 e. The molecule has 0 amide bonds. The van der Waals surface area contributed by atoms with E-state index in [-0.39, 0.29) is 12.4 Å². The molecule has 4 heteroatoms. The summed E-state index contributed by atoms with van der Waals surface area (Å²) in [6.45, 7) is 2.11. The molecule has 0 aliphatic heterocycles. The summed E-state index contributed by atoms with van der Waals surface area (Å²) in [6.07, 6.45) is 5.74. The fourth-order valence-electron chi connectivity index (χ4n) is 0.961. The summed E-state index contributed by atoms with van der Waals surface area (Å²) in [4.78, 5) is 11.1. The lowest BCUT2D eigenvalue weighted by molar-refractivity contribution is -0.137. The van der Waals surface area contributed by atoms with Crippen LogP contribution >= 0.6 is 12.4 Å². The first-order valence-corrected chi connectivity index (χ1v) is 3.87. The highest BCUT2D eigenvalue weighted by Crippen LogP contribution is 2.09. The van der Waals surface area contributed by atoms with Gasteiger partial charge < -0.3 is 10.1 Å². The molecule has 72 valence electrons. The summed E-state index contributed by atoms with van der Waals surface area (Å²) in [7, 11) is 0. The average Bonchev–Trinajstić information content (AvgIpc) is 2.05. The number of halogens is 1. The van der Waals surface area contributed by atoms with Gasteiger partial charge in [0.05, 0.1) is 12.2 Å². The number of hydrogen-bond acceptors (Lipinski definition) is 3. The summed E-state index contributed by atoms with van der Waals surface area (Å²) in [5, 5.41) is 7.43. The molecule has 0 aromatic heterocycles. The molecule has 1 N–H and O–H groups in total. The van der Waals surface area contributed by atoms with Crippen LogP contribution in [-0.2, 0) is 9.53 Å². The molecule has 0 heterocycles. The molecule has 0 saturated carbocycles. The van der Waals surface area contributed by atoms with Crippen molar-refractivity contribution in [3.05, 3.63) is 23.8 Å². The molecule has 0 saturated heterocycles. The van der Waals surface area contributed by atoms with Gasteiger partial charge in [0, 0.05) is 12.1 Å². The van der Waals surface area contributed by atoms with E-state index in [9.17, 15) is 4.79 Å². The molecule has 0 bridgehead atoms. The topological polar surface area (TPSA) is 50.2 Å². The maximum Gasteiger partial charge on any atom is 0.339 e. The maximum absolute atomic E-state index is 11.1. The zero-order valence-corrected chi connectivity index (χ0v) is 8.19. The average molecular weight is 202 g/mol. The second-order valence-corrected chi connectivity index (χ2v) is 2.41. The Morgan fingerprint density at radius 2 is 2.38 bits per heavy atom. The Kier molecular flexibility index (Phi) is 5.07. The Morgan fingerprint density at radius 1 is 1.69 bits per heavy atom. The second-order valence-electron chi connectivity index (χ2n) is 2.41. The summed E-state index contributed by atoms with van der Waals surface area (Å²) in [5.41, 5.74) is 0.704. The zero-order valence-electron chi connectivity index (χ0n) is 7.37. The van der Waals surface area contributed by atoms with Crippen molar-refractivity contribution >= 4 is 24.1 Å². The van der Waals surface area contributed by atoms with Crippen molar-refractivity contribution in [2.75, 3.05) is 6.61 Å². The van der Waals surface area contributed by atoms with Gasteiger partial charge in [-0.1, -0.05) is 12.2 Å². The van der Waals surface area contributed by atoms with Crippen molar-refractivity contribution in [3.8, 4) is 0 Å². The van der Waals surface area contributed by atoms with Gasteiger partial charge in [0.15, 0.2) is 0 Å². The fourth-order valence-corrected chi connectivity index (χ4v) is 0.961. The van der Waals surface area contributed by atoms with E-state index in [0.717, 1.165) is 0 Å². The molecule has 0 aromatic rings. The minimum absolute atomic E-state index is 0. The predicted molar refractivity (Wildman–Crippen MR) is 53.4 cm³/mol. The highest BCUT2D eigenvalue weighted by atomic mass is 35.5. The molecule has 0 aromatic carbocycles. The molecule has 1 rings (SSSR count). The fraction of sp³-hybridized carbons (Fsp3) is 0.333. The number of nitrogens with one attached hydrogen (secondary N) is 1. The standard InChI is InChI=1S/C9H11NO2.ClH/c1-2-12-9(11)7-5-3-4-6-8(7)10;/h3-5,10H,2,6H2,1H3;1H. The van der Waals surface area contributed by atoms with E-state index in [1.807, 2.05) is 6.08 Å². The maximum atomic E-state index is 11.1. The number of ether oxygens (including phenoxy) is 1. The van der Waals surface area contributed by atoms with Gasteiger partial charge in [0.25, 0.3) is 0 Å². The third-order valence-electron chi connectivity index (χ3n) is 1.54.